The summed E-state index contributed by atoms with van der Waals surface area (Å²) in [5, 5.41) is 13.5. The highest BCUT2D eigenvalue weighted by molar-refractivity contribution is 7.53. The summed E-state index contributed by atoms with van der Waals surface area (Å²) in [6, 6.07) is 10.3. The van der Waals surface area contributed by atoms with Crippen LogP contribution in [-0.2, 0) is 22.4 Å². The maximum atomic E-state index is 14.2. The largest absolute Gasteiger partial charge is 0.495 e. The van der Waals surface area contributed by atoms with Gasteiger partial charge in [-0.25, -0.2) is 4.98 Å². The zero-order valence-electron chi connectivity index (χ0n) is 27.1. The van der Waals surface area contributed by atoms with Gasteiger partial charge in [0.05, 0.1) is 35.3 Å². The predicted octanol–water partition coefficient (Wildman–Crippen LogP) is 7.57. The molecular formula is C33H38F3N6O5P. The van der Waals surface area contributed by atoms with Crippen molar-refractivity contribution in [3.8, 4) is 11.8 Å². The Morgan fingerprint density at radius 1 is 1.08 bits per heavy atom. The van der Waals surface area contributed by atoms with Gasteiger partial charge in [-0.15, -0.1) is 0 Å². The normalized spacial score (nSPS) is 18.3. The summed E-state index contributed by atoms with van der Waals surface area (Å²) in [4.78, 5) is 43.3. The van der Waals surface area contributed by atoms with Gasteiger partial charge in [-0.1, -0.05) is 26.0 Å². The van der Waals surface area contributed by atoms with Crippen molar-refractivity contribution < 1.29 is 37.1 Å². The molecule has 256 valence electrons. The highest BCUT2D eigenvalue weighted by Gasteiger charge is 2.45. The van der Waals surface area contributed by atoms with Crippen LogP contribution in [0.2, 0.25) is 0 Å². The molecule has 48 heavy (non-hydrogen) atoms. The number of fused-ring (bicyclic) bond motifs is 1. The van der Waals surface area contributed by atoms with Gasteiger partial charge >= 0.3 is 13.8 Å². The van der Waals surface area contributed by atoms with Gasteiger partial charge in [0.2, 0.25) is 5.95 Å². The third kappa shape index (κ3) is 6.46. The SMILES string of the molecule is CCC(CC)(c1ccc(Nc2ncc(C(F)(F)F)c(Nc3ccc([C@H]4CC[C@@H](C#N)CC4)c4c3C(=O)N(C)C4)n2)c(OC)c1)P(=O)(O)O. The molecule has 1 aliphatic heterocycles. The number of aromatic nitrogens is 2. The number of amides is 1. The molecule has 2 heterocycles. The van der Waals surface area contributed by atoms with E-state index in [1.165, 1.54) is 30.2 Å². The molecular weight excluding hydrogens is 648 g/mol. The van der Waals surface area contributed by atoms with Gasteiger partial charge in [-0.2, -0.15) is 23.4 Å². The summed E-state index contributed by atoms with van der Waals surface area (Å²) in [6.45, 7) is 3.68. The van der Waals surface area contributed by atoms with Crippen molar-refractivity contribution in [3.63, 3.8) is 0 Å². The number of hydrogen-bond donors (Lipinski definition) is 4. The summed E-state index contributed by atoms with van der Waals surface area (Å²) in [7, 11) is -1.59. The number of hydrogen-bond acceptors (Lipinski definition) is 8. The van der Waals surface area contributed by atoms with E-state index in [2.05, 4.69) is 26.7 Å². The number of nitriles is 1. The summed E-state index contributed by atoms with van der Waals surface area (Å²) >= 11 is 0. The van der Waals surface area contributed by atoms with Crippen LogP contribution >= 0.6 is 7.60 Å². The minimum Gasteiger partial charge on any atom is -0.495 e. The summed E-state index contributed by atoms with van der Waals surface area (Å²) < 4.78 is 60.6. The van der Waals surface area contributed by atoms with E-state index in [4.69, 9.17) is 4.74 Å². The third-order valence-corrected chi connectivity index (χ3v) is 11.7. The van der Waals surface area contributed by atoms with Gasteiger partial charge in [0.25, 0.3) is 5.91 Å². The molecule has 1 amide bonds. The maximum Gasteiger partial charge on any atom is 0.421 e. The number of ether oxygens (including phenoxy) is 1. The van der Waals surface area contributed by atoms with E-state index in [0.29, 0.717) is 18.3 Å². The fourth-order valence-corrected chi connectivity index (χ4v) is 8.21. The zero-order valence-corrected chi connectivity index (χ0v) is 28.0. The number of carbonyl (C=O) groups is 1. The number of methoxy groups -OCH3 is 1. The van der Waals surface area contributed by atoms with Crippen LogP contribution < -0.4 is 15.4 Å². The number of halogens is 3. The molecule has 5 rings (SSSR count). The summed E-state index contributed by atoms with van der Waals surface area (Å²) in [5.74, 6) is -0.790. The highest BCUT2D eigenvalue weighted by Crippen LogP contribution is 2.61. The van der Waals surface area contributed by atoms with Gasteiger partial charge in [-0.3, -0.25) is 9.36 Å². The molecule has 3 aromatic rings. The molecule has 0 radical (unpaired) electrons. The molecule has 0 unspecified atom stereocenters. The lowest BCUT2D eigenvalue weighted by Crippen LogP contribution is -2.24. The Balaban J connectivity index is 1.51. The second-order valence-corrected chi connectivity index (χ2v) is 14.2. The average molecular weight is 687 g/mol. The molecule has 11 nitrogen and oxygen atoms in total. The van der Waals surface area contributed by atoms with Gasteiger partial charge in [0.1, 0.15) is 17.1 Å². The Kier molecular flexibility index (Phi) is 9.79. The van der Waals surface area contributed by atoms with Crippen molar-refractivity contribution in [2.24, 2.45) is 5.92 Å². The minimum absolute atomic E-state index is 0.000220. The molecule has 0 spiro atoms. The summed E-state index contributed by atoms with van der Waals surface area (Å²) in [6.07, 6.45) is -0.789. The Morgan fingerprint density at radius 3 is 2.33 bits per heavy atom. The molecule has 1 aromatic heterocycles. The first kappa shape index (κ1) is 35.1. The van der Waals surface area contributed by atoms with Crippen molar-refractivity contribution >= 4 is 36.6 Å². The molecule has 0 atom stereocenters. The number of rotatable bonds is 10. The van der Waals surface area contributed by atoms with Gasteiger partial charge in [0, 0.05) is 25.7 Å². The van der Waals surface area contributed by atoms with E-state index >= 15 is 0 Å². The highest BCUT2D eigenvalue weighted by atomic mass is 31.2. The molecule has 2 aromatic carbocycles. The Bertz CT molecular complexity index is 1800. The molecule has 1 aliphatic carbocycles. The van der Waals surface area contributed by atoms with Crippen LogP contribution in [0.15, 0.2) is 36.5 Å². The van der Waals surface area contributed by atoms with Crippen molar-refractivity contribution in [2.45, 2.75) is 76.2 Å². The lowest BCUT2D eigenvalue weighted by molar-refractivity contribution is -0.137. The van der Waals surface area contributed by atoms with Crippen LogP contribution in [0, 0.1) is 17.2 Å². The molecule has 15 heteroatoms. The number of carbonyl (C=O) groups excluding carboxylic acids is 1. The fraction of sp³-hybridized carbons (Fsp3) is 0.455. The van der Waals surface area contributed by atoms with Gasteiger partial charge in [0.15, 0.2) is 0 Å². The first-order chi connectivity index (χ1) is 22.7. The smallest absolute Gasteiger partial charge is 0.421 e. The predicted molar refractivity (Wildman–Crippen MR) is 173 cm³/mol. The van der Waals surface area contributed by atoms with Crippen LogP contribution in [0.3, 0.4) is 0 Å². The molecule has 0 bridgehead atoms. The van der Waals surface area contributed by atoms with Crippen molar-refractivity contribution in [1.29, 1.82) is 5.26 Å². The van der Waals surface area contributed by atoms with Crippen molar-refractivity contribution in [2.75, 3.05) is 24.8 Å². The second kappa shape index (κ2) is 13.4. The second-order valence-electron chi connectivity index (χ2n) is 12.3. The number of benzene rings is 2. The lowest BCUT2D eigenvalue weighted by atomic mass is 9.77. The van der Waals surface area contributed by atoms with Crippen molar-refractivity contribution in [3.05, 3.63) is 64.3 Å². The quantitative estimate of drug-likeness (QED) is 0.157. The molecule has 1 fully saturated rings. The first-order valence-electron chi connectivity index (χ1n) is 15.7. The monoisotopic (exact) mass is 686 g/mol. The average Bonchev–Trinajstić information content (AvgIpc) is 3.35. The van der Waals surface area contributed by atoms with Crippen LogP contribution in [0.5, 0.6) is 5.75 Å². The molecule has 1 saturated carbocycles. The van der Waals surface area contributed by atoms with E-state index in [1.807, 2.05) is 6.07 Å². The van der Waals surface area contributed by atoms with E-state index in [9.17, 15) is 37.6 Å². The van der Waals surface area contributed by atoms with Crippen LogP contribution in [-0.4, -0.2) is 44.7 Å². The number of anilines is 4. The Labute approximate surface area is 276 Å². The topological polar surface area (TPSA) is 161 Å². The number of nitrogens with zero attached hydrogens (tertiary/aromatic N) is 4. The lowest BCUT2D eigenvalue weighted by Gasteiger charge is -2.33. The number of nitrogens with one attached hydrogen (secondary N) is 2. The van der Waals surface area contributed by atoms with Gasteiger partial charge < -0.3 is 30.1 Å². The van der Waals surface area contributed by atoms with E-state index < -0.39 is 30.3 Å². The van der Waals surface area contributed by atoms with Gasteiger partial charge in [-0.05, 0) is 79.3 Å². The zero-order chi connectivity index (χ0) is 35.0. The molecule has 0 saturated heterocycles. The van der Waals surface area contributed by atoms with Crippen molar-refractivity contribution in [1.82, 2.24) is 14.9 Å². The third-order valence-electron chi connectivity index (χ3n) is 9.71. The fourth-order valence-electron chi connectivity index (χ4n) is 6.91. The van der Waals surface area contributed by atoms with Crippen LogP contribution in [0.4, 0.5) is 36.3 Å². The maximum absolute atomic E-state index is 14.2. The van der Waals surface area contributed by atoms with Crippen LogP contribution in [0.1, 0.15) is 90.9 Å². The first-order valence-corrected chi connectivity index (χ1v) is 17.3. The Morgan fingerprint density at radius 2 is 1.75 bits per heavy atom. The van der Waals surface area contributed by atoms with E-state index in [-0.39, 0.29) is 59.2 Å². The molecule has 4 N–H and O–H groups in total. The number of alkyl halides is 3. The van der Waals surface area contributed by atoms with Crippen LogP contribution in [0.25, 0.3) is 0 Å². The summed E-state index contributed by atoms with van der Waals surface area (Å²) in [5.41, 5.74) is 1.66. The Hall–Kier alpha value is -4.18. The molecule has 2 aliphatic rings. The van der Waals surface area contributed by atoms with E-state index in [1.54, 1.807) is 27.0 Å². The standard InChI is InChI=1S/C33H38F3N6O5P/c1-5-32(6-2,48(44,45)46)21-11-13-25(27(15-21)47-4)40-31-38-17-24(33(34,35)36)29(41-31)39-26-14-12-22(20-9-7-19(16-37)8-10-20)23-18-42(3)30(43)28(23)26/h11-15,17,19-20H,5-10,18H2,1-4H3,(H2,44,45,46)(H2,38,39,40,41)/t19-,20+. The van der Waals surface area contributed by atoms with E-state index in [0.717, 1.165) is 36.8 Å². The minimum atomic E-state index is -4.82.